The van der Waals surface area contributed by atoms with Gasteiger partial charge < -0.3 is 24.3 Å². The van der Waals surface area contributed by atoms with Crippen LogP contribution in [0.2, 0.25) is 0 Å². The molecule has 170 valence electrons. The minimum Gasteiger partial charge on any atom is -0.497 e. The quantitative estimate of drug-likeness (QED) is 0.678. The topological polar surface area (TPSA) is 86.3 Å². The van der Waals surface area contributed by atoms with E-state index in [1.165, 1.54) is 0 Å². The van der Waals surface area contributed by atoms with E-state index in [1.807, 2.05) is 36.4 Å². The number of ether oxygens (including phenoxy) is 4. The number of carbonyl (C=O) groups excluding carboxylic acids is 2. The fourth-order valence-electron chi connectivity index (χ4n) is 3.80. The Morgan fingerprint density at radius 3 is 2.44 bits per heavy atom. The lowest BCUT2D eigenvalue weighted by Gasteiger charge is -2.22. The molecule has 2 amide bonds. The summed E-state index contributed by atoms with van der Waals surface area (Å²) in [6.45, 7) is 2.56. The van der Waals surface area contributed by atoms with E-state index in [4.69, 9.17) is 18.9 Å². The third-order valence-corrected chi connectivity index (χ3v) is 5.75. The summed E-state index contributed by atoms with van der Waals surface area (Å²) in [6, 6.07) is 14.5. The maximum atomic E-state index is 12.3. The minimum absolute atomic E-state index is 0.0355. The van der Waals surface area contributed by atoms with E-state index in [0.29, 0.717) is 24.8 Å². The van der Waals surface area contributed by atoms with Gasteiger partial charge in [-0.2, -0.15) is 0 Å². The lowest BCUT2D eigenvalue weighted by molar-refractivity contribution is -0.123. The number of nitrogens with one attached hydrogen (secondary N) is 1. The molecule has 2 aromatic carbocycles. The Hall–Kier alpha value is -3.26. The first kappa shape index (κ1) is 22.0. The molecule has 1 unspecified atom stereocenters. The molecule has 8 nitrogen and oxygen atoms in total. The molecule has 0 aromatic heterocycles. The van der Waals surface area contributed by atoms with Gasteiger partial charge in [0.2, 0.25) is 0 Å². The molecule has 0 bridgehead atoms. The fraction of sp³-hybridized carbons (Fsp3) is 0.417. The summed E-state index contributed by atoms with van der Waals surface area (Å²) in [5, 5.41) is 2.92. The molecule has 2 fully saturated rings. The van der Waals surface area contributed by atoms with Gasteiger partial charge in [-0.3, -0.25) is 9.69 Å². The Kier molecular flexibility index (Phi) is 7.11. The Morgan fingerprint density at radius 2 is 1.75 bits per heavy atom. The lowest BCUT2D eigenvalue weighted by Crippen LogP contribution is -2.35. The third-order valence-electron chi connectivity index (χ3n) is 5.75. The maximum absolute atomic E-state index is 12.3. The van der Waals surface area contributed by atoms with Gasteiger partial charge in [-0.05, 0) is 60.7 Å². The molecule has 1 atom stereocenters. The molecule has 0 spiro atoms. The predicted molar refractivity (Wildman–Crippen MR) is 118 cm³/mol. The van der Waals surface area contributed by atoms with E-state index in [1.54, 1.807) is 24.1 Å². The highest BCUT2D eigenvalue weighted by atomic mass is 16.6. The Morgan fingerprint density at radius 1 is 1.06 bits per heavy atom. The monoisotopic (exact) mass is 440 g/mol. The van der Waals surface area contributed by atoms with Crippen molar-refractivity contribution in [1.29, 1.82) is 0 Å². The number of anilines is 1. The lowest BCUT2D eigenvalue weighted by atomic mass is 10.0. The van der Waals surface area contributed by atoms with E-state index in [-0.39, 0.29) is 24.7 Å². The summed E-state index contributed by atoms with van der Waals surface area (Å²) < 4.78 is 21.6. The van der Waals surface area contributed by atoms with E-state index in [0.717, 1.165) is 43.1 Å². The van der Waals surface area contributed by atoms with Gasteiger partial charge in [-0.15, -0.1) is 0 Å². The standard InChI is InChI=1S/C24H28N2O6/c1-29-20-8-4-19(5-9-20)26-15-22(32-24(26)28)18-2-6-21(7-3-18)31-16-23(27)25-14-17-10-12-30-13-11-17/h2-9,17,22H,10-16H2,1H3,(H,25,27). The highest BCUT2D eigenvalue weighted by Crippen LogP contribution is 2.31. The molecular formula is C24H28N2O6. The fourth-order valence-corrected chi connectivity index (χ4v) is 3.80. The third kappa shape index (κ3) is 5.50. The summed E-state index contributed by atoms with van der Waals surface area (Å²) in [6.07, 6.45) is 1.19. The summed E-state index contributed by atoms with van der Waals surface area (Å²) in [7, 11) is 1.60. The number of amides is 2. The second-order valence-corrected chi connectivity index (χ2v) is 7.90. The number of hydrogen-bond acceptors (Lipinski definition) is 6. The first-order valence-electron chi connectivity index (χ1n) is 10.8. The molecule has 2 saturated heterocycles. The summed E-state index contributed by atoms with van der Waals surface area (Å²) in [4.78, 5) is 26.0. The van der Waals surface area contributed by atoms with Crippen molar-refractivity contribution >= 4 is 17.7 Å². The maximum Gasteiger partial charge on any atom is 0.415 e. The number of cyclic esters (lactones) is 1. The molecule has 0 saturated carbocycles. The molecule has 2 aromatic rings. The molecule has 2 heterocycles. The SMILES string of the molecule is COc1ccc(N2CC(c3ccc(OCC(=O)NCC4CCOCC4)cc3)OC2=O)cc1. The molecule has 1 N–H and O–H groups in total. The molecular weight excluding hydrogens is 412 g/mol. The Labute approximate surface area is 187 Å². The van der Waals surface area contributed by atoms with E-state index in [2.05, 4.69) is 5.32 Å². The van der Waals surface area contributed by atoms with Gasteiger partial charge in [-0.1, -0.05) is 12.1 Å². The van der Waals surface area contributed by atoms with Crippen molar-refractivity contribution in [3.05, 3.63) is 54.1 Å². The number of hydrogen-bond donors (Lipinski definition) is 1. The number of carbonyl (C=O) groups is 2. The predicted octanol–water partition coefficient (Wildman–Crippen LogP) is 3.31. The average Bonchev–Trinajstić information content (AvgIpc) is 3.24. The molecule has 8 heteroatoms. The first-order chi connectivity index (χ1) is 15.6. The van der Waals surface area contributed by atoms with Crippen molar-refractivity contribution in [3.63, 3.8) is 0 Å². The van der Waals surface area contributed by atoms with Gasteiger partial charge in [0.1, 0.15) is 17.6 Å². The van der Waals surface area contributed by atoms with Crippen LogP contribution in [0.3, 0.4) is 0 Å². The van der Waals surface area contributed by atoms with Crippen LogP contribution in [0.25, 0.3) is 0 Å². The van der Waals surface area contributed by atoms with Crippen molar-refractivity contribution < 1.29 is 28.5 Å². The van der Waals surface area contributed by atoms with Gasteiger partial charge >= 0.3 is 6.09 Å². The molecule has 0 radical (unpaired) electrons. The van der Waals surface area contributed by atoms with Crippen molar-refractivity contribution in [3.8, 4) is 11.5 Å². The number of methoxy groups -OCH3 is 1. The number of rotatable bonds is 8. The smallest absolute Gasteiger partial charge is 0.415 e. The van der Waals surface area contributed by atoms with Crippen molar-refractivity contribution in [2.45, 2.75) is 18.9 Å². The van der Waals surface area contributed by atoms with E-state index >= 15 is 0 Å². The Bertz CT molecular complexity index is 909. The zero-order valence-electron chi connectivity index (χ0n) is 18.1. The van der Waals surface area contributed by atoms with Gasteiger partial charge in [0.25, 0.3) is 5.91 Å². The number of benzene rings is 2. The average molecular weight is 440 g/mol. The molecule has 0 aliphatic carbocycles. The second-order valence-electron chi connectivity index (χ2n) is 7.90. The Balaban J connectivity index is 1.26. The molecule has 4 rings (SSSR count). The van der Waals surface area contributed by atoms with Crippen molar-refractivity contribution in [2.75, 3.05) is 44.9 Å². The van der Waals surface area contributed by atoms with Gasteiger partial charge in [0, 0.05) is 25.4 Å². The van der Waals surface area contributed by atoms with E-state index in [9.17, 15) is 9.59 Å². The van der Waals surface area contributed by atoms with Crippen LogP contribution in [0.15, 0.2) is 48.5 Å². The van der Waals surface area contributed by atoms with E-state index < -0.39 is 0 Å². The van der Waals surface area contributed by atoms with Gasteiger partial charge in [0.15, 0.2) is 6.61 Å². The minimum atomic E-state index is -0.387. The van der Waals surface area contributed by atoms with Crippen LogP contribution in [0.5, 0.6) is 11.5 Å². The highest BCUT2D eigenvalue weighted by Gasteiger charge is 2.33. The van der Waals surface area contributed by atoms with Crippen LogP contribution in [-0.4, -0.2) is 52.0 Å². The zero-order chi connectivity index (χ0) is 22.3. The molecule has 32 heavy (non-hydrogen) atoms. The summed E-state index contributed by atoms with van der Waals surface area (Å²) >= 11 is 0. The van der Waals surface area contributed by atoms with Crippen LogP contribution in [0.1, 0.15) is 24.5 Å². The molecule has 2 aliphatic heterocycles. The van der Waals surface area contributed by atoms with Gasteiger partial charge in [-0.25, -0.2) is 4.79 Å². The van der Waals surface area contributed by atoms with Crippen LogP contribution in [-0.2, 0) is 14.3 Å². The van der Waals surface area contributed by atoms with Crippen molar-refractivity contribution in [1.82, 2.24) is 5.32 Å². The summed E-state index contributed by atoms with van der Waals surface area (Å²) in [5.74, 6) is 1.65. The largest absolute Gasteiger partial charge is 0.497 e. The zero-order valence-corrected chi connectivity index (χ0v) is 18.1. The first-order valence-corrected chi connectivity index (χ1v) is 10.8. The highest BCUT2D eigenvalue weighted by molar-refractivity contribution is 5.90. The van der Waals surface area contributed by atoms with Crippen LogP contribution >= 0.6 is 0 Å². The van der Waals surface area contributed by atoms with Crippen LogP contribution in [0.4, 0.5) is 10.5 Å². The molecule has 2 aliphatic rings. The summed E-state index contributed by atoms with van der Waals surface area (Å²) in [5.41, 5.74) is 1.62. The number of nitrogens with zero attached hydrogens (tertiary/aromatic N) is 1. The second kappa shape index (κ2) is 10.4. The van der Waals surface area contributed by atoms with Crippen LogP contribution in [0, 0.1) is 5.92 Å². The van der Waals surface area contributed by atoms with Gasteiger partial charge in [0.05, 0.1) is 13.7 Å². The normalized spacial score (nSPS) is 18.8. The van der Waals surface area contributed by atoms with Crippen molar-refractivity contribution in [2.24, 2.45) is 5.92 Å². The van der Waals surface area contributed by atoms with Crippen LogP contribution < -0.4 is 19.7 Å².